The summed E-state index contributed by atoms with van der Waals surface area (Å²) in [7, 11) is 0. The molecule has 0 aromatic carbocycles. The fourth-order valence-electron chi connectivity index (χ4n) is 1.99. The SMILES string of the molecule is CCC(C)(CCO)NC(=O)NCCc1sc(C)nc1C. The maximum atomic E-state index is 11.9. The van der Waals surface area contributed by atoms with Gasteiger partial charge in [-0.05, 0) is 33.6 Å². The summed E-state index contributed by atoms with van der Waals surface area (Å²) >= 11 is 1.68. The van der Waals surface area contributed by atoms with Crippen molar-refractivity contribution in [3.63, 3.8) is 0 Å². The fraction of sp³-hybridized carbons (Fsp3) is 0.714. The van der Waals surface area contributed by atoms with Gasteiger partial charge in [0.2, 0.25) is 0 Å². The molecule has 2 amide bonds. The number of aromatic nitrogens is 1. The molecule has 0 fully saturated rings. The van der Waals surface area contributed by atoms with E-state index < -0.39 is 0 Å². The first kappa shape index (κ1) is 16.9. The molecule has 1 atom stereocenters. The molecule has 114 valence electrons. The van der Waals surface area contributed by atoms with E-state index in [1.807, 2.05) is 27.7 Å². The topological polar surface area (TPSA) is 74.2 Å². The molecule has 0 radical (unpaired) electrons. The van der Waals surface area contributed by atoms with E-state index in [1.54, 1.807) is 11.3 Å². The summed E-state index contributed by atoms with van der Waals surface area (Å²) in [5.74, 6) is 0. The highest BCUT2D eigenvalue weighted by Gasteiger charge is 2.23. The molecule has 5 nitrogen and oxygen atoms in total. The number of aryl methyl sites for hydroxylation is 2. The van der Waals surface area contributed by atoms with Crippen molar-refractivity contribution >= 4 is 17.4 Å². The summed E-state index contributed by atoms with van der Waals surface area (Å²) in [6.07, 6.45) is 2.14. The van der Waals surface area contributed by atoms with Gasteiger partial charge >= 0.3 is 6.03 Å². The number of hydrogen-bond acceptors (Lipinski definition) is 4. The minimum atomic E-state index is -0.351. The molecule has 6 heteroatoms. The van der Waals surface area contributed by atoms with Crippen molar-refractivity contribution in [2.24, 2.45) is 0 Å². The summed E-state index contributed by atoms with van der Waals surface area (Å²) in [6, 6.07) is -0.179. The van der Waals surface area contributed by atoms with Crippen LogP contribution in [0, 0.1) is 13.8 Å². The van der Waals surface area contributed by atoms with Crippen LogP contribution in [0.3, 0.4) is 0 Å². The Morgan fingerprint density at radius 1 is 1.45 bits per heavy atom. The van der Waals surface area contributed by atoms with Crippen molar-refractivity contribution in [1.82, 2.24) is 15.6 Å². The van der Waals surface area contributed by atoms with Crippen LogP contribution in [0.15, 0.2) is 0 Å². The van der Waals surface area contributed by atoms with E-state index in [2.05, 4.69) is 15.6 Å². The number of aliphatic hydroxyl groups excluding tert-OH is 1. The van der Waals surface area contributed by atoms with Gasteiger partial charge in [0.25, 0.3) is 0 Å². The van der Waals surface area contributed by atoms with Crippen LogP contribution in [0.1, 0.15) is 42.3 Å². The number of rotatable bonds is 7. The lowest BCUT2D eigenvalue weighted by atomic mass is 9.95. The van der Waals surface area contributed by atoms with Crippen LogP contribution in [0.25, 0.3) is 0 Å². The summed E-state index contributed by atoms with van der Waals surface area (Å²) in [5.41, 5.74) is 0.698. The summed E-state index contributed by atoms with van der Waals surface area (Å²) in [6.45, 7) is 8.59. The number of amides is 2. The van der Waals surface area contributed by atoms with Gasteiger partial charge in [0, 0.05) is 30.0 Å². The van der Waals surface area contributed by atoms with Crippen LogP contribution in [-0.4, -0.2) is 34.8 Å². The molecule has 0 aliphatic heterocycles. The molecule has 1 aromatic rings. The quantitative estimate of drug-likeness (QED) is 0.722. The molecule has 0 aliphatic carbocycles. The second-order valence-electron chi connectivity index (χ2n) is 5.26. The Morgan fingerprint density at radius 2 is 2.15 bits per heavy atom. The summed E-state index contributed by atoms with van der Waals surface area (Å²) in [4.78, 5) is 17.4. The Kier molecular flexibility index (Phi) is 6.42. The monoisotopic (exact) mass is 299 g/mol. The third kappa shape index (κ3) is 5.09. The van der Waals surface area contributed by atoms with E-state index in [1.165, 1.54) is 4.88 Å². The molecule has 0 saturated heterocycles. The second-order valence-corrected chi connectivity index (χ2v) is 6.55. The van der Waals surface area contributed by atoms with Gasteiger partial charge in [-0.15, -0.1) is 11.3 Å². The van der Waals surface area contributed by atoms with Crippen molar-refractivity contribution in [3.8, 4) is 0 Å². The smallest absolute Gasteiger partial charge is 0.315 e. The Bertz CT molecular complexity index is 448. The third-order valence-corrected chi connectivity index (χ3v) is 4.63. The number of urea groups is 1. The molecule has 0 bridgehead atoms. The number of nitrogens with one attached hydrogen (secondary N) is 2. The Morgan fingerprint density at radius 3 is 2.65 bits per heavy atom. The molecule has 0 saturated carbocycles. The second kappa shape index (κ2) is 7.59. The molecule has 3 N–H and O–H groups in total. The molecular formula is C14H25N3O2S. The van der Waals surface area contributed by atoms with Crippen LogP contribution in [0.2, 0.25) is 0 Å². The first-order valence-electron chi connectivity index (χ1n) is 7.00. The van der Waals surface area contributed by atoms with E-state index in [0.717, 1.165) is 23.5 Å². The minimum Gasteiger partial charge on any atom is -0.396 e. The Labute approximate surface area is 124 Å². The highest BCUT2D eigenvalue weighted by molar-refractivity contribution is 7.11. The van der Waals surface area contributed by atoms with Crippen LogP contribution in [0.4, 0.5) is 4.79 Å². The van der Waals surface area contributed by atoms with Crippen molar-refractivity contribution in [2.75, 3.05) is 13.2 Å². The van der Waals surface area contributed by atoms with Gasteiger partial charge in [0.05, 0.1) is 10.7 Å². The molecule has 0 spiro atoms. The molecule has 20 heavy (non-hydrogen) atoms. The standard InChI is InChI=1S/C14H25N3O2S/c1-5-14(4,7-9-18)17-13(19)15-8-6-12-10(2)16-11(3)20-12/h18H,5-9H2,1-4H3,(H2,15,17,19). The zero-order chi connectivity index (χ0) is 15.2. The Balaban J connectivity index is 2.38. The van der Waals surface area contributed by atoms with Gasteiger partial charge in [0.15, 0.2) is 0 Å². The molecule has 1 heterocycles. The van der Waals surface area contributed by atoms with E-state index in [0.29, 0.717) is 13.0 Å². The van der Waals surface area contributed by atoms with E-state index in [9.17, 15) is 4.79 Å². The zero-order valence-corrected chi connectivity index (χ0v) is 13.6. The van der Waals surface area contributed by atoms with Gasteiger partial charge in [0.1, 0.15) is 0 Å². The zero-order valence-electron chi connectivity index (χ0n) is 12.7. The van der Waals surface area contributed by atoms with E-state index in [-0.39, 0.29) is 18.2 Å². The van der Waals surface area contributed by atoms with Crippen LogP contribution < -0.4 is 10.6 Å². The number of carbonyl (C=O) groups is 1. The average Bonchev–Trinajstić information content (AvgIpc) is 2.68. The summed E-state index contributed by atoms with van der Waals surface area (Å²) in [5, 5.41) is 15.9. The van der Waals surface area contributed by atoms with E-state index in [4.69, 9.17) is 5.11 Å². The number of carbonyl (C=O) groups excluding carboxylic acids is 1. The lowest BCUT2D eigenvalue weighted by Crippen LogP contribution is -2.50. The van der Waals surface area contributed by atoms with Crippen molar-refractivity contribution < 1.29 is 9.90 Å². The lowest BCUT2D eigenvalue weighted by molar-refractivity contribution is 0.201. The number of aliphatic hydroxyl groups is 1. The minimum absolute atomic E-state index is 0.0734. The molecule has 1 unspecified atom stereocenters. The highest BCUT2D eigenvalue weighted by Crippen LogP contribution is 2.17. The normalized spacial score (nSPS) is 13.8. The van der Waals surface area contributed by atoms with Gasteiger partial charge < -0.3 is 15.7 Å². The number of hydrogen-bond donors (Lipinski definition) is 3. The lowest BCUT2D eigenvalue weighted by Gasteiger charge is -2.29. The number of nitrogens with zero attached hydrogens (tertiary/aromatic N) is 1. The fourth-order valence-corrected chi connectivity index (χ4v) is 2.92. The van der Waals surface area contributed by atoms with E-state index >= 15 is 0 Å². The molecular weight excluding hydrogens is 274 g/mol. The molecule has 1 aromatic heterocycles. The van der Waals surface area contributed by atoms with Gasteiger partial charge in [-0.3, -0.25) is 0 Å². The number of thiazole rings is 1. The predicted molar refractivity (Wildman–Crippen MR) is 82.2 cm³/mol. The first-order chi connectivity index (χ1) is 9.40. The van der Waals surface area contributed by atoms with Crippen LogP contribution >= 0.6 is 11.3 Å². The first-order valence-corrected chi connectivity index (χ1v) is 7.81. The largest absolute Gasteiger partial charge is 0.396 e. The van der Waals surface area contributed by atoms with Crippen molar-refractivity contribution in [2.45, 2.75) is 52.5 Å². The van der Waals surface area contributed by atoms with Crippen LogP contribution in [-0.2, 0) is 6.42 Å². The Hall–Kier alpha value is -1.14. The molecule has 0 aliphatic rings. The maximum absolute atomic E-state index is 11.9. The maximum Gasteiger partial charge on any atom is 0.315 e. The molecule has 1 rings (SSSR count). The summed E-state index contributed by atoms with van der Waals surface area (Å²) < 4.78 is 0. The third-order valence-electron chi connectivity index (χ3n) is 3.50. The van der Waals surface area contributed by atoms with Crippen LogP contribution in [0.5, 0.6) is 0 Å². The van der Waals surface area contributed by atoms with Gasteiger partial charge in [-0.1, -0.05) is 6.92 Å². The van der Waals surface area contributed by atoms with Gasteiger partial charge in [-0.25, -0.2) is 9.78 Å². The van der Waals surface area contributed by atoms with Gasteiger partial charge in [-0.2, -0.15) is 0 Å². The average molecular weight is 299 g/mol. The highest BCUT2D eigenvalue weighted by atomic mass is 32.1. The van der Waals surface area contributed by atoms with Crippen molar-refractivity contribution in [3.05, 3.63) is 15.6 Å². The predicted octanol–water partition coefficient (Wildman–Crippen LogP) is 2.15. The van der Waals surface area contributed by atoms with Crippen molar-refractivity contribution in [1.29, 1.82) is 0 Å².